The van der Waals surface area contributed by atoms with Crippen molar-refractivity contribution in [1.29, 1.82) is 0 Å². The summed E-state index contributed by atoms with van der Waals surface area (Å²) in [5, 5.41) is 3.40. The molecule has 1 N–H and O–H groups in total. The van der Waals surface area contributed by atoms with Crippen molar-refractivity contribution < 1.29 is 0 Å². The van der Waals surface area contributed by atoms with Crippen molar-refractivity contribution >= 4 is 0 Å². The molecule has 0 saturated carbocycles. The Bertz CT molecular complexity index is 549. The molecule has 2 aromatic rings. The molecule has 0 aliphatic rings. The Morgan fingerprint density at radius 3 is 2.14 bits per heavy atom. The first-order valence-electron chi connectivity index (χ1n) is 7.93. The van der Waals surface area contributed by atoms with Crippen LogP contribution in [0.25, 0.3) is 0 Å². The summed E-state index contributed by atoms with van der Waals surface area (Å²) >= 11 is 0. The monoisotopic (exact) mass is 284 g/mol. The minimum absolute atomic E-state index is 0.426. The number of aromatic nitrogens is 1. The second-order valence-corrected chi connectivity index (χ2v) is 6.52. The van der Waals surface area contributed by atoms with E-state index >= 15 is 0 Å². The number of hydrogen-bond acceptors (Lipinski definition) is 1. The third kappa shape index (κ3) is 3.98. The highest BCUT2D eigenvalue weighted by Crippen LogP contribution is 2.22. The van der Waals surface area contributed by atoms with Crippen LogP contribution in [-0.4, -0.2) is 11.6 Å². The van der Waals surface area contributed by atoms with Crippen LogP contribution >= 0.6 is 0 Å². The van der Waals surface area contributed by atoms with E-state index in [0.717, 1.165) is 6.54 Å². The minimum Gasteiger partial charge on any atom is -0.350 e. The lowest BCUT2D eigenvalue weighted by atomic mass is 9.99. The summed E-state index contributed by atoms with van der Waals surface area (Å²) in [4.78, 5) is 0. The average Bonchev–Trinajstić information content (AvgIpc) is 2.88. The molecule has 0 aliphatic carbocycles. The van der Waals surface area contributed by atoms with Crippen LogP contribution in [0.4, 0.5) is 0 Å². The van der Waals surface area contributed by atoms with Crippen molar-refractivity contribution in [3.63, 3.8) is 0 Å². The highest BCUT2D eigenvalue weighted by atomic mass is 15.0. The van der Waals surface area contributed by atoms with E-state index in [2.05, 4.69) is 80.3 Å². The van der Waals surface area contributed by atoms with Gasteiger partial charge >= 0.3 is 0 Å². The van der Waals surface area contributed by atoms with Crippen LogP contribution in [0.5, 0.6) is 0 Å². The Hall–Kier alpha value is -1.54. The molecule has 0 fully saturated rings. The number of nitrogens with one attached hydrogen (secondary N) is 1. The molecular weight excluding hydrogens is 256 g/mol. The van der Waals surface area contributed by atoms with Gasteiger partial charge in [-0.3, -0.25) is 0 Å². The maximum absolute atomic E-state index is 3.40. The summed E-state index contributed by atoms with van der Waals surface area (Å²) < 4.78 is 2.27. The fourth-order valence-corrected chi connectivity index (χ4v) is 2.85. The second kappa shape index (κ2) is 6.95. The Kier molecular flexibility index (Phi) is 5.24. The quantitative estimate of drug-likeness (QED) is 0.822. The van der Waals surface area contributed by atoms with Gasteiger partial charge in [-0.25, -0.2) is 0 Å². The highest BCUT2D eigenvalue weighted by Gasteiger charge is 2.14. The molecule has 1 aromatic carbocycles. The van der Waals surface area contributed by atoms with E-state index in [9.17, 15) is 0 Å². The largest absolute Gasteiger partial charge is 0.350 e. The Labute approximate surface area is 129 Å². The third-order valence-electron chi connectivity index (χ3n) is 4.12. The Balaban J connectivity index is 2.08. The van der Waals surface area contributed by atoms with Gasteiger partial charge in [-0.2, -0.15) is 0 Å². The van der Waals surface area contributed by atoms with E-state index in [1.54, 1.807) is 0 Å². The molecule has 0 amide bonds. The molecule has 0 aliphatic heterocycles. The zero-order valence-corrected chi connectivity index (χ0v) is 13.9. The molecular formula is C19H28N2. The fourth-order valence-electron chi connectivity index (χ4n) is 2.85. The van der Waals surface area contributed by atoms with Crippen molar-refractivity contribution in [1.82, 2.24) is 9.88 Å². The molecule has 0 spiro atoms. The van der Waals surface area contributed by atoms with E-state index < -0.39 is 0 Å². The molecule has 0 bridgehead atoms. The standard InChI is InChI=1S/C19H28N2/c1-14(2)17-8-6-16(7-9-17)12-21-11-10-18(13-21)19(20-5)15(3)4/h6-11,13-15,19-20H,12H2,1-5H3. The summed E-state index contributed by atoms with van der Waals surface area (Å²) in [5.41, 5.74) is 4.13. The summed E-state index contributed by atoms with van der Waals surface area (Å²) in [5.74, 6) is 1.19. The molecule has 1 heterocycles. The van der Waals surface area contributed by atoms with Crippen LogP contribution in [0, 0.1) is 5.92 Å². The van der Waals surface area contributed by atoms with E-state index in [-0.39, 0.29) is 0 Å². The van der Waals surface area contributed by atoms with Crippen molar-refractivity contribution in [3.05, 3.63) is 59.4 Å². The predicted octanol–water partition coefficient (Wildman–Crippen LogP) is 4.58. The van der Waals surface area contributed by atoms with E-state index in [4.69, 9.17) is 0 Å². The van der Waals surface area contributed by atoms with Gasteiger partial charge in [-0.1, -0.05) is 52.0 Å². The van der Waals surface area contributed by atoms with Crippen LogP contribution in [0.1, 0.15) is 56.3 Å². The van der Waals surface area contributed by atoms with Crippen LogP contribution in [-0.2, 0) is 6.54 Å². The second-order valence-electron chi connectivity index (χ2n) is 6.52. The maximum Gasteiger partial charge on any atom is 0.0470 e. The van der Waals surface area contributed by atoms with Crippen LogP contribution in [0.2, 0.25) is 0 Å². The van der Waals surface area contributed by atoms with E-state index in [1.807, 2.05) is 7.05 Å². The molecule has 2 rings (SSSR count). The third-order valence-corrected chi connectivity index (χ3v) is 4.12. The number of hydrogen-bond donors (Lipinski definition) is 1. The fraction of sp³-hybridized carbons (Fsp3) is 0.474. The molecule has 1 aromatic heterocycles. The highest BCUT2D eigenvalue weighted by molar-refractivity contribution is 5.25. The topological polar surface area (TPSA) is 17.0 Å². The lowest BCUT2D eigenvalue weighted by Gasteiger charge is -2.18. The zero-order chi connectivity index (χ0) is 15.4. The molecule has 1 unspecified atom stereocenters. The first kappa shape index (κ1) is 15.8. The van der Waals surface area contributed by atoms with Gasteiger partial charge in [0.2, 0.25) is 0 Å². The van der Waals surface area contributed by atoms with Gasteiger partial charge in [-0.15, -0.1) is 0 Å². The van der Waals surface area contributed by atoms with E-state index in [1.165, 1.54) is 16.7 Å². The van der Waals surface area contributed by atoms with Gasteiger partial charge in [-0.05, 0) is 41.6 Å². The van der Waals surface area contributed by atoms with Gasteiger partial charge in [0.15, 0.2) is 0 Å². The first-order chi connectivity index (χ1) is 10.0. The molecule has 0 saturated heterocycles. The molecule has 2 nitrogen and oxygen atoms in total. The van der Waals surface area contributed by atoms with Gasteiger partial charge in [0, 0.05) is 25.0 Å². The SMILES string of the molecule is CNC(c1ccn(Cc2ccc(C(C)C)cc2)c1)C(C)C. The van der Waals surface area contributed by atoms with Crippen molar-refractivity contribution in [2.75, 3.05) is 7.05 Å². The molecule has 0 radical (unpaired) electrons. The molecule has 114 valence electrons. The van der Waals surface area contributed by atoms with Gasteiger partial charge < -0.3 is 9.88 Å². The summed E-state index contributed by atoms with van der Waals surface area (Å²) in [6.45, 7) is 9.91. The van der Waals surface area contributed by atoms with Crippen molar-refractivity contribution in [3.8, 4) is 0 Å². The summed E-state index contributed by atoms with van der Waals surface area (Å²) in [6.07, 6.45) is 4.44. The Morgan fingerprint density at radius 2 is 1.62 bits per heavy atom. The smallest absolute Gasteiger partial charge is 0.0470 e. The molecule has 21 heavy (non-hydrogen) atoms. The minimum atomic E-state index is 0.426. The summed E-state index contributed by atoms with van der Waals surface area (Å²) in [6, 6.07) is 11.6. The van der Waals surface area contributed by atoms with Crippen LogP contribution in [0.3, 0.4) is 0 Å². The molecule has 2 heteroatoms. The van der Waals surface area contributed by atoms with Crippen molar-refractivity contribution in [2.24, 2.45) is 5.92 Å². The van der Waals surface area contributed by atoms with Crippen molar-refractivity contribution in [2.45, 2.75) is 46.2 Å². The van der Waals surface area contributed by atoms with Gasteiger partial charge in [0.05, 0.1) is 0 Å². The lowest BCUT2D eigenvalue weighted by molar-refractivity contribution is 0.443. The lowest BCUT2D eigenvalue weighted by Crippen LogP contribution is -2.21. The van der Waals surface area contributed by atoms with E-state index in [0.29, 0.717) is 17.9 Å². The number of nitrogens with zero attached hydrogens (tertiary/aromatic N) is 1. The number of rotatable bonds is 6. The zero-order valence-electron chi connectivity index (χ0n) is 13.9. The predicted molar refractivity (Wildman–Crippen MR) is 90.7 cm³/mol. The molecule has 1 atom stereocenters. The first-order valence-corrected chi connectivity index (χ1v) is 7.93. The average molecular weight is 284 g/mol. The van der Waals surface area contributed by atoms with Crippen LogP contribution < -0.4 is 5.32 Å². The van der Waals surface area contributed by atoms with Gasteiger partial charge in [0.25, 0.3) is 0 Å². The summed E-state index contributed by atoms with van der Waals surface area (Å²) in [7, 11) is 2.03. The van der Waals surface area contributed by atoms with Gasteiger partial charge in [0.1, 0.15) is 0 Å². The maximum atomic E-state index is 3.40. The normalized spacial score (nSPS) is 13.1. The number of benzene rings is 1. The Morgan fingerprint density at radius 1 is 0.952 bits per heavy atom. The van der Waals surface area contributed by atoms with Crippen LogP contribution in [0.15, 0.2) is 42.7 Å².